The zero-order valence-corrected chi connectivity index (χ0v) is 14.8. The SMILES string of the molecule is CC(=O)SCCOCCOCCOCCn1cc(CCC=O)nn1. The number of ether oxygens (including phenoxy) is 3. The standard InChI is InChI=1S/C15H25N3O5S/c1-14(20)24-12-11-23-10-9-22-8-7-21-6-4-18-13-15(16-17-18)3-2-5-19/h5,13H,2-4,6-12H2,1H3. The van der Waals surface area contributed by atoms with Crippen LogP contribution in [0.5, 0.6) is 0 Å². The van der Waals surface area contributed by atoms with Crippen LogP contribution in [0.4, 0.5) is 0 Å². The number of carbonyl (C=O) groups is 2. The zero-order chi connectivity index (χ0) is 17.5. The number of nitrogens with zero attached hydrogens (tertiary/aromatic N) is 3. The van der Waals surface area contributed by atoms with E-state index < -0.39 is 0 Å². The van der Waals surface area contributed by atoms with Crippen LogP contribution < -0.4 is 0 Å². The van der Waals surface area contributed by atoms with Crippen molar-refractivity contribution in [2.45, 2.75) is 26.3 Å². The van der Waals surface area contributed by atoms with Crippen LogP contribution in [-0.2, 0) is 36.8 Å². The van der Waals surface area contributed by atoms with Gasteiger partial charge in [-0.3, -0.25) is 4.79 Å². The lowest BCUT2D eigenvalue weighted by molar-refractivity contribution is -0.109. The molecule has 0 aliphatic carbocycles. The maximum atomic E-state index is 10.7. The van der Waals surface area contributed by atoms with Crippen molar-refractivity contribution in [1.29, 1.82) is 0 Å². The molecule has 0 fully saturated rings. The Balaban J connectivity index is 1.86. The van der Waals surface area contributed by atoms with Gasteiger partial charge >= 0.3 is 0 Å². The van der Waals surface area contributed by atoms with Crippen LogP contribution in [0.1, 0.15) is 19.0 Å². The molecule has 0 saturated heterocycles. The molecule has 1 aromatic rings. The van der Waals surface area contributed by atoms with Crippen molar-refractivity contribution in [3.05, 3.63) is 11.9 Å². The molecule has 1 rings (SSSR count). The molecule has 0 bridgehead atoms. The lowest BCUT2D eigenvalue weighted by Gasteiger charge is -2.06. The first-order valence-corrected chi connectivity index (χ1v) is 8.90. The zero-order valence-electron chi connectivity index (χ0n) is 14.0. The van der Waals surface area contributed by atoms with Crippen LogP contribution >= 0.6 is 11.8 Å². The van der Waals surface area contributed by atoms with E-state index in [4.69, 9.17) is 14.2 Å². The van der Waals surface area contributed by atoms with E-state index in [1.54, 1.807) is 11.6 Å². The van der Waals surface area contributed by atoms with E-state index in [9.17, 15) is 9.59 Å². The molecule has 0 aliphatic heterocycles. The van der Waals surface area contributed by atoms with Crippen molar-refractivity contribution in [1.82, 2.24) is 15.0 Å². The van der Waals surface area contributed by atoms with Crippen molar-refractivity contribution >= 4 is 23.2 Å². The lowest BCUT2D eigenvalue weighted by atomic mass is 10.3. The highest BCUT2D eigenvalue weighted by atomic mass is 32.2. The van der Waals surface area contributed by atoms with Crippen LogP contribution in [0.15, 0.2) is 6.20 Å². The first-order valence-electron chi connectivity index (χ1n) is 7.91. The van der Waals surface area contributed by atoms with Gasteiger partial charge < -0.3 is 19.0 Å². The molecule has 0 atom stereocenters. The van der Waals surface area contributed by atoms with Crippen LogP contribution in [0.2, 0.25) is 0 Å². The Hall–Kier alpha value is -1.29. The number of thioether (sulfide) groups is 1. The average Bonchev–Trinajstić information content (AvgIpc) is 3.01. The quantitative estimate of drug-likeness (QED) is 0.334. The molecule has 1 heterocycles. The average molecular weight is 359 g/mol. The first-order chi connectivity index (χ1) is 11.7. The number of aldehydes is 1. The number of aryl methyl sites for hydroxylation is 1. The fourth-order valence-electron chi connectivity index (χ4n) is 1.71. The molecular weight excluding hydrogens is 334 g/mol. The number of carbonyl (C=O) groups excluding carboxylic acids is 2. The molecule has 24 heavy (non-hydrogen) atoms. The second-order valence-electron chi connectivity index (χ2n) is 4.86. The normalized spacial score (nSPS) is 10.9. The van der Waals surface area contributed by atoms with E-state index in [0.717, 1.165) is 12.0 Å². The molecule has 1 aromatic heterocycles. The number of hydrogen-bond acceptors (Lipinski definition) is 8. The third-order valence-electron chi connectivity index (χ3n) is 2.85. The molecule has 0 unspecified atom stereocenters. The fraction of sp³-hybridized carbons (Fsp3) is 0.733. The van der Waals surface area contributed by atoms with Gasteiger partial charge in [-0.25, -0.2) is 4.68 Å². The van der Waals surface area contributed by atoms with E-state index in [0.29, 0.717) is 64.8 Å². The fourth-order valence-corrected chi connectivity index (χ4v) is 2.20. The highest BCUT2D eigenvalue weighted by Gasteiger charge is 2.00. The Morgan fingerprint density at radius 3 is 2.50 bits per heavy atom. The number of aromatic nitrogens is 3. The summed E-state index contributed by atoms with van der Waals surface area (Å²) in [5, 5.41) is 8.04. The molecule has 9 heteroatoms. The smallest absolute Gasteiger partial charge is 0.185 e. The molecule has 8 nitrogen and oxygen atoms in total. The van der Waals surface area contributed by atoms with Gasteiger partial charge in [0.05, 0.1) is 51.9 Å². The van der Waals surface area contributed by atoms with Gasteiger partial charge in [0.2, 0.25) is 0 Å². The van der Waals surface area contributed by atoms with Crippen molar-refractivity contribution in [2.75, 3.05) is 45.4 Å². The summed E-state index contributed by atoms with van der Waals surface area (Å²) in [6, 6.07) is 0. The third-order valence-corrected chi connectivity index (χ3v) is 3.62. The second-order valence-corrected chi connectivity index (χ2v) is 6.13. The summed E-state index contributed by atoms with van der Waals surface area (Å²) in [6.45, 7) is 5.28. The van der Waals surface area contributed by atoms with Gasteiger partial charge in [0.25, 0.3) is 0 Å². The highest BCUT2D eigenvalue weighted by molar-refractivity contribution is 8.13. The number of rotatable bonds is 15. The van der Waals surface area contributed by atoms with Crippen molar-refractivity contribution in [2.24, 2.45) is 0 Å². The summed E-state index contributed by atoms with van der Waals surface area (Å²) in [5.74, 6) is 0.678. The third kappa shape index (κ3) is 11.3. The minimum absolute atomic E-state index is 0.107. The summed E-state index contributed by atoms with van der Waals surface area (Å²) in [7, 11) is 0. The minimum atomic E-state index is 0.107. The highest BCUT2D eigenvalue weighted by Crippen LogP contribution is 1.99. The van der Waals surface area contributed by atoms with E-state index in [2.05, 4.69) is 10.3 Å². The predicted octanol–water partition coefficient (Wildman–Crippen LogP) is 0.739. The summed E-state index contributed by atoms with van der Waals surface area (Å²) in [4.78, 5) is 21.0. The van der Waals surface area contributed by atoms with Crippen molar-refractivity contribution in [3.8, 4) is 0 Å². The van der Waals surface area contributed by atoms with E-state index in [1.165, 1.54) is 11.8 Å². The summed E-state index contributed by atoms with van der Waals surface area (Å²) < 4.78 is 17.8. The van der Waals surface area contributed by atoms with Crippen LogP contribution in [0, 0.1) is 0 Å². The van der Waals surface area contributed by atoms with Crippen molar-refractivity contribution in [3.63, 3.8) is 0 Å². The molecule has 0 N–H and O–H groups in total. The predicted molar refractivity (Wildman–Crippen MR) is 90.0 cm³/mol. The molecule has 0 saturated carbocycles. The number of hydrogen-bond donors (Lipinski definition) is 0. The maximum absolute atomic E-state index is 10.7. The molecule has 0 aliphatic rings. The molecule has 0 amide bonds. The Morgan fingerprint density at radius 1 is 1.17 bits per heavy atom. The van der Waals surface area contributed by atoms with E-state index in [-0.39, 0.29) is 5.12 Å². The van der Waals surface area contributed by atoms with Gasteiger partial charge in [-0.15, -0.1) is 5.10 Å². The molecule has 0 radical (unpaired) electrons. The van der Waals surface area contributed by atoms with Gasteiger partial charge in [0.15, 0.2) is 5.12 Å². The first kappa shape index (κ1) is 20.8. The Labute approximate surface area is 146 Å². The van der Waals surface area contributed by atoms with Crippen molar-refractivity contribution < 1.29 is 23.8 Å². The molecule has 0 spiro atoms. The topological polar surface area (TPSA) is 92.5 Å². The van der Waals surface area contributed by atoms with Gasteiger partial charge in [0.1, 0.15) is 6.29 Å². The maximum Gasteiger partial charge on any atom is 0.185 e. The van der Waals surface area contributed by atoms with E-state index >= 15 is 0 Å². The largest absolute Gasteiger partial charge is 0.378 e. The Morgan fingerprint density at radius 2 is 1.83 bits per heavy atom. The van der Waals surface area contributed by atoms with E-state index in [1.807, 2.05) is 6.20 Å². The lowest BCUT2D eigenvalue weighted by Crippen LogP contribution is -2.13. The van der Waals surface area contributed by atoms with Crippen LogP contribution in [0.3, 0.4) is 0 Å². The summed E-state index contributed by atoms with van der Waals surface area (Å²) in [6.07, 6.45) is 3.78. The van der Waals surface area contributed by atoms with Gasteiger partial charge in [-0.2, -0.15) is 0 Å². The minimum Gasteiger partial charge on any atom is -0.378 e. The Kier molecular flexibility index (Phi) is 12.2. The van der Waals surface area contributed by atoms with Crippen LogP contribution in [-0.4, -0.2) is 71.8 Å². The van der Waals surface area contributed by atoms with Gasteiger partial charge in [0, 0.05) is 25.3 Å². The van der Waals surface area contributed by atoms with Crippen LogP contribution in [0.25, 0.3) is 0 Å². The Bertz CT molecular complexity index is 470. The monoisotopic (exact) mass is 359 g/mol. The molecule has 0 aromatic carbocycles. The van der Waals surface area contributed by atoms with Gasteiger partial charge in [-0.1, -0.05) is 17.0 Å². The second kappa shape index (κ2) is 14.1. The summed E-state index contributed by atoms with van der Waals surface area (Å²) in [5.41, 5.74) is 0.812. The molecular formula is C15H25N3O5S. The van der Waals surface area contributed by atoms with Gasteiger partial charge in [-0.05, 0) is 6.42 Å². The summed E-state index contributed by atoms with van der Waals surface area (Å²) >= 11 is 1.26. The molecule has 136 valence electrons.